The molecule has 0 atom stereocenters. The van der Waals surface area contributed by atoms with Gasteiger partial charge in [0.1, 0.15) is 16.8 Å². The maximum absolute atomic E-state index is 12.9. The predicted octanol–water partition coefficient (Wildman–Crippen LogP) is 13.2. The Morgan fingerprint density at radius 2 is 0.600 bits per heavy atom. The van der Waals surface area contributed by atoms with Crippen molar-refractivity contribution in [1.82, 2.24) is 39.3 Å². The fourth-order valence-electron chi connectivity index (χ4n) is 10.5. The van der Waals surface area contributed by atoms with Gasteiger partial charge in [-0.15, -0.1) is 0 Å². The van der Waals surface area contributed by atoms with E-state index in [4.69, 9.17) is 18.8 Å². The van der Waals surface area contributed by atoms with Gasteiger partial charge >= 0.3 is 18.3 Å². The molecule has 0 saturated carbocycles. The SMILES string of the molecule is BrCC(CBr)=C(CBr)CBr.C1NCC2=C1CNC2.CC(C)(C)OC(=O)N1CC2=C(C1)CN(C(=O)OC(C)(C)C)C2.CC(C)(C)OC(=O)N1CC2=C(CNC2)C1.CC(C)=C(C)C.Cc1ccc(S(=O)(=O)N2CC3=C(C2)CN(S(=O)(=O)c2ccc(C)cc2)C3)cc1.Cc1ccc(S(=O)(=O)O)cc1. The second-order valence-corrected chi connectivity index (χ2v) is 36.4. The molecule has 100 heavy (non-hydrogen) atoms. The summed E-state index contributed by atoms with van der Waals surface area (Å²) in [7, 11) is -11.2. The molecule has 0 radical (unpaired) electrons. The van der Waals surface area contributed by atoms with Crippen LogP contribution in [0.1, 0.15) is 107 Å². The van der Waals surface area contributed by atoms with E-state index >= 15 is 0 Å². The second kappa shape index (κ2) is 37.9. The summed E-state index contributed by atoms with van der Waals surface area (Å²) in [6.07, 6.45) is -0.798. The van der Waals surface area contributed by atoms with Crippen molar-refractivity contribution in [2.24, 2.45) is 0 Å². The third kappa shape index (κ3) is 26.9. The molecular formula is C72H104Br4N8O13S3. The van der Waals surface area contributed by atoms with Gasteiger partial charge in [-0.1, -0.05) is 128 Å². The van der Waals surface area contributed by atoms with Gasteiger partial charge in [-0.3, -0.25) is 4.55 Å². The fourth-order valence-corrected chi connectivity index (χ4v) is 17.3. The van der Waals surface area contributed by atoms with Crippen LogP contribution < -0.4 is 16.0 Å². The Morgan fingerprint density at radius 3 is 0.820 bits per heavy atom. The predicted molar refractivity (Wildman–Crippen MR) is 413 cm³/mol. The molecule has 0 saturated heterocycles. The number of ether oxygens (including phenoxy) is 3. The molecule has 0 fully saturated rings. The van der Waals surface area contributed by atoms with Gasteiger partial charge in [0, 0.05) is 126 Å². The standard InChI is InChI=1S/C20H22N2O4S2.C16H26N2O4.C11H18N2O2.C7H8O3S.C6H8Br4.C6H10N2.C6H12/c1-15-3-7-19(8-4-15)27(23,24)21-11-17-13-22(14-18(17)12-21)28(25,26)20-9-5-16(2)6-10-20;1-15(2,3)21-13(19)17-7-11-9-18(10-12(11)8-17)14(20)22-16(4,5)6;1-11(2,3)15-10(14)13-6-8-4-12-5-9(8)7-13;1-6-2-4-7(5-3-6)11(8,9)10;7-1-5(2-8)6(3-9)4-10;1-5-2-8-4-6(5)3-7-1;1-5(2)6(3)4/h3-10H,11-14H2,1-2H3;7-10H2,1-6H3;12H,4-7H2,1-3H3;2-5H,1H3,(H,8,9,10);1-4H2;7-8H,1-4H2;1-4H3. The number of halogens is 4. The van der Waals surface area contributed by atoms with Crippen molar-refractivity contribution < 1.29 is 58.4 Å². The molecule has 0 aromatic heterocycles. The molecule has 11 rings (SSSR count). The third-order valence-corrected chi connectivity index (χ3v) is 23.7. The van der Waals surface area contributed by atoms with Gasteiger partial charge in [-0.2, -0.15) is 17.0 Å². The zero-order valence-electron chi connectivity index (χ0n) is 60.9. The smallest absolute Gasteiger partial charge is 0.410 e. The molecule has 0 spiro atoms. The lowest BCUT2D eigenvalue weighted by Crippen LogP contribution is -2.40. The Labute approximate surface area is 629 Å². The Bertz CT molecular complexity index is 3650. The normalized spacial score (nSPS) is 17.3. The van der Waals surface area contributed by atoms with Crippen molar-refractivity contribution in [2.45, 2.75) is 142 Å². The lowest BCUT2D eigenvalue weighted by molar-refractivity contribution is 0.0256. The Morgan fingerprint density at radius 1 is 0.380 bits per heavy atom. The molecule has 4 N–H and O–H groups in total. The van der Waals surface area contributed by atoms with E-state index in [1.54, 1.807) is 86.5 Å². The molecule has 3 amide bonds. The molecule has 0 aliphatic carbocycles. The highest BCUT2D eigenvalue weighted by Gasteiger charge is 2.41. The topological polar surface area (TPSA) is 254 Å². The fraction of sp³-hybridized carbons (Fsp3) is 0.542. The maximum atomic E-state index is 12.9. The van der Waals surface area contributed by atoms with E-state index in [2.05, 4.69) is 107 Å². The van der Waals surface area contributed by atoms with Crippen LogP contribution in [0.4, 0.5) is 14.4 Å². The van der Waals surface area contributed by atoms with Gasteiger partial charge in [0.25, 0.3) is 10.1 Å². The number of carbonyl (C=O) groups excluding carboxylic acids is 3. The summed E-state index contributed by atoms with van der Waals surface area (Å²) in [5.74, 6) is 0. The van der Waals surface area contributed by atoms with E-state index in [9.17, 15) is 39.6 Å². The lowest BCUT2D eigenvalue weighted by Gasteiger charge is -2.28. The van der Waals surface area contributed by atoms with Crippen LogP contribution in [0.5, 0.6) is 0 Å². The zero-order chi connectivity index (χ0) is 74.9. The minimum absolute atomic E-state index is 0.0666. The molecule has 8 aliphatic heterocycles. The molecule has 3 aromatic carbocycles. The average molecular weight is 1710 g/mol. The molecule has 28 heteroatoms. The number of nitrogens with zero attached hydrogens (tertiary/aromatic N) is 5. The second-order valence-electron chi connectivity index (χ2n) is 28.9. The summed E-state index contributed by atoms with van der Waals surface area (Å²) in [6.45, 7) is 41.9. The first-order chi connectivity index (χ1) is 46.5. The number of alkyl halides is 4. The van der Waals surface area contributed by atoms with Gasteiger partial charge in [-0.25, -0.2) is 31.2 Å². The zero-order valence-corrected chi connectivity index (χ0v) is 69.7. The van der Waals surface area contributed by atoms with Gasteiger partial charge in [0.2, 0.25) is 20.0 Å². The molecular weight excluding hydrogens is 1600 g/mol. The number of allylic oxidation sites excluding steroid dienone is 4. The first kappa shape index (κ1) is 86.1. The van der Waals surface area contributed by atoms with Crippen LogP contribution in [0.3, 0.4) is 0 Å². The van der Waals surface area contributed by atoms with Crippen molar-refractivity contribution >= 4 is 112 Å². The Balaban J connectivity index is 0.000000223. The van der Waals surface area contributed by atoms with Gasteiger partial charge < -0.3 is 44.9 Å². The number of hydrogen-bond acceptors (Lipinski definition) is 15. The largest absolute Gasteiger partial charge is 0.444 e. The van der Waals surface area contributed by atoms with Gasteiger partial charge in [0.15, 0.2) is 0 Å². The van der Waals surface area contributed by atoms with E-state index in [1.807, 2.05) is 83.1 Å². The summed E-state index contributed by atoms with van der Waals surface area (Å²) in [6, 6.07) is 19.6. The van der Waals surface area contributed by atoms with E-state index in [0.717, 1.165) is 113 Å². The van der Waals surface area contributed by atoms with Crippen molar-refractivity contribution in [3.8, 4) is 0 Å². The van der Waals surface area contributed by atoms with Crippen LogP contribution >= 0.6 is 63.7 Å². The number of amides is 3. The molecule has 0 unspecified atom stereocenters. The molecule has 0 bridgehead atoms. The third-order valence-electron chi connectivity index (χ3n) is 16.5. The summed E-state index contributed by atoms with van der Waals surface area (Å²) >= 11 is 13.7. The van der Waals surface area contributed by atoms with E-state index in [1.165, 1.54) is 54.2 Å². The summed E-state index contributed by atoms with van der Waals surface area (Å²) < 4.78 is 100. The van der Waals surface area contributed by atoms with Gasteiger partial charge in [-0.05, 0) is 203 Å². The van der Waals surface area contributed by atoms with Crippen molar-refractivity contribution in [2.75, 3.05) is 126 Å². The number of benzene rings is 3. The van der Waals surface area contributed by atoms with Crippen LogP contribution in [0.15, 0.2) is 154 Å². The van der Waals surface area contributed by atoms with Crippen molar-refractivity contribution in [1.29, 1.82) is 0 Å². The van der Waals surface area contributed by atoms with E-state index < -0.39 is 47.0 Å². The first-order valence-electron chi connectivity index (χ1n) is 33.1. The van der Waals surface area contributed by atoms with Crippen LogP contribution in [0.25, 0.3) is 0 Å². The van der Waals surface area contributed by atoms with Crippen LogP contribution in [-0.2, 0) is 44.4 Å². The highest BCUT2D eigenvalue weighted by Crippen LogP contribution is 2.34. The Hall–Kier alpha value is -4.56. The maximum Gasteiger partial charge on any atom is 0.410 e. The summed E-state index contributed by atoms with van der Waals surface area (Å²) in [5, 5.41) is 13.7. The molecule has 21 nitrogen and oxygen atoms in total. The summed E-state index contributed by atoms with van der Waals surface area (Å²) in [5.41, 5.74) is 17.2. The number of rotatable bonds is 9. The average Bonchev–Trinajstić information content (AvgIpc) is 1.59. The number of hydrogen-bond donors (Lipinski definition) is 4. The minimum Gasteiger partial charge on any atom is -0.444 e. The molecule has 556 valence electrons. The van der Waals surface area contributed by atoms with Gasteiger partial charge in [0.05, 0.1) is 14.7 Å². The number of nitrogens with one attached hydrogen (secondary N) is 3. The monoisotopic (exact) mass is 1700 g/mol. The highest BCUT2D eigenvalue weighted by molar-refractivity contribution is 9.10. The molecule has 3 aromatic rings. The molecule has 8 heterocycles. The highest BCUT2D eigenvalue weighted by atomic mass is 79.9. The summed E-state index contributed by atoms with van der Waals surface area (Å²) in [4.78, 5) is 41.5. The molecule has 8 aliphatic rings. The first-order valence-corrected chi connectivity index (χ1v) is 41.9. The quantitative estimate of drug-likeness (QED) is 0.0672. The van der Waals surface area contributed by atoms with E-state index in [-0.39, 0.29) is 59.1 Å². The van der Waals surface area contributed by atoms with E-state index in [0.29, 0.717) is 26.2 Å². The number of sulfonamides is 2. The minimum atomic E-state index is -4.02. The lowest BCUT2D eigenvalue weighted by atomic mass is 10.2. The van der Waals surface area contributed by atoms with Crippen molar-refractivity contribution in [3.05, 3.63) is 156 Å². The van der Waals surface area contributed by atoms with Crippen LogP contribution in [-0.4, -0.2) is 214 Å². The van der Waals surface area contributed by atoms with Crippen LogP contribution in [0, 0.1) is 20.8 Å². The number of carbonyl (C=O) groups is 3. The van der Waals surface area contributed by atoms with Crippen molar-refractivity contribution in [3.63, 3.8) is 0 Å². The Kier molecular flexibility index (Phi) is 32.7. The van der Waals surface area contributed by atoms with Crippen LogP contribution in [0.2, 0.25) is 0 Å². The number of aryl methyl sites for hydroxylation is 3.